The Morgan fingerprint density at radius 1 is 0.967 bits per heavy atom. The molecule has 30 heavy (non-hydrogen) atoms. The van der Waals surface area contributed by atoms with Gasteiger partial charge in [-0.15, -0.1) is 0 Å². The highest BCUT2D eigenvalue weighted by atomic mass is 19.1. The number of pyridine rings is 1. The van der Waals surface area contributed by atoms with Gasteiger partial charge >= 0.3 is 0 Å². The van der Waals surface area contributed by atoms with Crippen molar-refractivity contribution in [3.63, 3.8) is 0 Å². The van der Waals surface area contributed by atoms with E-state index in [-0.39, 0.29) is 5.82 Å². The summed E-state index contributed by atoms with van der Waals surface area (Å²) in [6.07, 6.45) is 4.50. The van der Waals surface area contributed by atoms with Crippen LogP contribution in [0.1, 0.15) is 28.8 Å². The van der Waals surface area contributed by atoms with Gasteiger partial charge < -0.3 is 10.1 Å². The van der Waals surface area contributed by atoms with Crippen molar-refractivity contribution in [3.05, 3.63) is 107 Å². The van der Waals surface area contributed by atoms with Crippen LogP contribution in [-0.4, -0.2) is 19.7 Å². The van der Waals surface area contributed by atoms with E-state index < -0.39 is 12.1 Å². The maximum atomic E-state index is 15.0. The van der Waals surface area contributed by atoms with Gasteiger partial charge in [0.25, 0.3) is 0 Å². The third kappa shape index (κ3) is 2.45. The van der Waals surface area contributed by atoms with E-state index in [1.165, 1.54) is 12.4 Å². The predicted molar refractivity (Wildman–Crippen MR) is 109 cm³/mol. The van der Waals surface area contributed by atoms with Gasteiger partial charge in [0, 0.05) is 29.1 Å². The van der Waals surface area contributed by atoms with Gasteiger partial charge in [0.15, 0.2) is 0 Å². The molecule has 2 aromatic heterocycles. The Morgan fingerprint density at radius 2 is 1.77 bits per heavy atom. The lowest BCUT2D eigenvalue weighted by Gasteiger charge is -2.38. The number of nitrogens with one attached hydrogen (secondary N) is 1. The Hall–Kier alpha value is -4.00. The molecule has 0 fully saturated rings. The van der Waals surface area contributed by atoms with E-state index in [1.54, 1.807) is 29.2 Å². The zero-order valence-electron chi connectivity index (χ0n) is 15.7. The first-order chi connectivity index (χ1) is 14.8. The minimum Gasteiger partial charge on any atom is -0.480 e. The van der Waals surface area contributed by atoms with Crippen LogP contribution < -0.4 is 10.1 Å². The van der Waals surface area contributed by atoms with Crippen molar-refractivity contribution in [1.82, 2.24) is 19.7 Å². The van der Waals surface area contributed by atoms with Crippen LogP contribution in [0.3, 0.4) is 0 Å². The van der Waals surface area contributed by atoms with Crippen molar-refractivity contribution < 1.29 is 9.13 Å². The average Bonchev–Trinajstić information content (AvgIpc) is 3.27. The van der Waals surface area contributed by atoms with E-state index in [0.717, 1.165) is 28.1 Å². The second kappa shape index (κ2) is 6.52. The zero-order valence-corrected chi connectivity index (χ0v) is 15.7. The van der Waals surface area contributed by atoms with Crippen LogP contribution >= 0.6 is 0 Å². The van der Waals surface area contributed by atoms with Gasteiger partial charge in [0.1, 0.15) is 30.0 Å². The Morgan fingerprint density at radius 3 is 2.63 bits per heavy atom. The second-order valence-corrected chi connectivity index (χ2v) is 7.18. The van der Waals surface area contributed by atoms with Crippen LogP contribution in [0, 0.1) is 5.82 Å². The van der Waals surface area contributed by atoms with Crippen molar-refractivity contribution in [3.8, 4) is 5.75 Å². The molecule has 1 N–H and O–H groups in total. The Balaban J connectivity index is 1.66. The summed E-state index contributed by atoms with van der Waals surface area (Å²) in [6.45, 7) is 0. The number of hydrogen-bond donors (Lipinski definition) is 1. The average molecular weight is 397 g/mol. The lowest BCUT2D eigenvalue weighted by Crippen LogP contribution is -2.32. The van der Waals surface area contributed by atoms with Gasteiger partial charge in [0.05, 0.1) is 5.70 Å². The Labute approximate surface area is 171 Å². The summed E-state index contributed by atoms with van der Waals surface area (Å²) in [5, 5.41) is 7.81. The van der Waals surface area contributed by atoms with E-state index in [4.69, 9.17) is 4.74 Å². The van der Waals surface area contributed by atoms with E-state index in [0.29, 0.717) is 11.5 Å². The van der Waals surface area contributed by atoms with E-state index >= 15 is 4.39 Å². The van der Waals surface area contributed by atoms with E-state index in [2.05, 4.69) is 20.4 Å². The summed E-state index contributed by atoms with van der Waals surface area (Å²) < 4.78 is 23.2. The molecule has 7 heteroatoms. The zero-order chi connectivity index (χ0) is 20.1. The standard InChI is InChI=1S/C23H16FN5O/c24-17-7-3-1-5-15(17)21-19-20(28-23-26-13-27-29(21)23)16-6-2-4-8-18(16)30-22(19)14-9-11-25-12-10-14/h1-13,21-22H,(H,26,27,28). The summed E-state index contributed by atoms with van der Waals surface area (Å²) in [5.74, 6) is 1.02. The first-order valence-corrected chi connectivity index (χ1v) is 9.62. The molecule has 2 atom stereocenters. The van der Waals surface area contributed by atoms with Gasteiger partial charge in [-0.2, -0.15) is 10.1 Å². The van der Waals surface area contributed by atoms with Crippen molar-refractivity contribution >= 4 is 11.6 Å². The first-order valence-electron chi connectivity index (χ1n) is 9.62. The summed E-state index contributed by atoms with van der Waals surface area (Å²) in [7, 11) is 0. The molecule has 6 nitrogen and oxygen atoms in total. The fourth-order valence-corrected chi connectivity index (χ4v) is 4.23. The van der Waals surface area contributed by atoms with Crippen LogP contribution in [0.2, 0.25) is 0 Å². The largest absolute Gasteiger partial charge is 0.480 e. The smallest absolute Gasteiger partial charge is 0.226 e. The normalized spacial score (nSPS) is 19.2. The maximum Gasteiger partial charge on any atom is 0.226 e. The SMILES string of the molecule is Fc1ccccc1C1C2=C(Nc3ncnn31)c1ccccc1OC2c1ccncc1. The number of ether oxygens (including phenoxy) is 1. The molecule has 0 radical (unpaired) electrons. The minimum atomic E-state index is -0.508. The van der Waals surface area contributed by atoms with Crippen LogP contribution in [0.4, 0.5) is 10.3 Å². The summed E-state index contributed by atoms with van der Waals surface area (Å²) in [6, 6.07) is 17.9. The van der Waals surface area contributed by atoms with Crippen LogP contribution in [0.15, 0.2) is 85.0 Å². The van der Waals surface area contributed by atoms with E-state index in [9.17, 15) is 0 Å². The van der Waals surface area contributed by atoms with Crippen LogP contribution in [0.25, 0.3) is 5.70 Å². The predicted octanol–water partition coefficient (Wildman–Crippen LogP) is 4.37. The molecule has 0 amide bonds. The molecule has 2 aromatic carbocycles. The highest BCUT2D eigenvalue weighted by Gasteiger charge is 2.41. The molecule has 4 aromatic rings. The third-order valence-corrected chi connectivity index (χ3v) is 5.53. The summed E-state index contributed by atoms with van der Waals surface area (Å²) >= 11 is 0. The number of para-hydroxylation sites is 1. The van der Waals surface area contributed by atoms with Gasteiger partial charge in [-0.1, -0.05) is 30.3 Å². The molecule has 146 valence electrons. The van der Waals surface area contributed by atoms with E-state index in [1.807, 2.05) is 42.5 Å². The monoisotopic (exact) mass is 397 g/mol. The number of aromatic nitrogens is 4. The summed E-state index contributed by atoms with van der Waals surface area (Å²) in [5.41, 5.74) is 4.10. The van der Waals surface area contributed by atoms with Crippen molar-refractivity contribution in [2.45, 2.75) is 12.1 Å². The van der Waals surface area contributed by atoms with Crippen LogP contribution in [0.5, 0.6) is 5.75 Å². The number of halogens is 1. The Kier molecular flexibility index (Phi) is 3.67. The van der Waals surface area contributed by atoms with Gasteiger partial charge in [-0.05, 0) is 35.9 Å². The number of nitrogens with zero attached hydrogens (tertiary/aromatic N) is 4. The lowest BCUT2D eigenvalue weighted by molar-refractivity contribution is 0.222. The van der Waals surface area contributed by atoms with Gasteiger partial charge in [-0.25, -0.2) is 9.07 Å². The molecule has 6 rings (SSSR count). The minimum absolute atomic E-state index is 0.301. The third-order valence-electron chi connectivity index (χ3n) is 5.53. The second-order valence-electron chi connectivity index (χ2n) is 7.18. The number of benzene rings is 2. The number of hydrogen-bond acceptors (Lipinski definition) is 5. The molecule has 0 bridgehead atoms. The molecule has 2 aliphatic rings. The number of anilines is 1. The lowest BCUT2D eigenvalue weighted by atomic mass is 9.84. The van der Waals surface area contributed by atoms with Crippen molar-refractivity contribution in [1.29, 1.82) is 0 Å². The highest BCUT2D eigenvalue weighted by Crippen LogP contribution is 2.50. The highest BCUT2D eigenvalue weighted by molar-refractivity contribution is 5.85. The topological polar surface area (TPSA) is 64.9 Å². The molecule has 4 heterocycles. The molecule has 0 saturated carbocycles. The quantitative estimate of drug-likeness (QED) is 0.544. The van der Waals surface area contributed by atoms with Gasteiger partial charge in [-0.3, -0.25) is 4.98 Å². The maximum absolute atomic E-state index is 15.0. The molecule has 0 saturated heterocycles. The van der Waals surface area contributed by atoms with Crippen molar-refractivity contribution in [2.75, 3.05) is 5.32 Å². The molecule has 2 aliphatic heterocycles. The van der Waals surface area contributed by atoms with Crippen LogP contribution in [-0.2, 0) is 0 Å². The first kappa shape index (κ1) is 16.9. The molecular weight excluding hydrogens is 381 g/mol. The number of rotatable bonds is 2. The Bertz CT molecular complexity index is 1280. The van der Waals surface area contributed by atoms with Crippen molar-refractivity contribution in [2.24, 2.45) is 0 Å². The molecule has 0 spiro atoms. The summed E-state index contributed by atoms with van der Waals surface area (Å²) in [4.78, 5) is 8.49. The number of fused-ring (bicyclic) bond motifs is 3. The molecular formula is C23H16FN5O. The fourth-order valence-electron chi connectivity index (χ4n) is 4.23. The molecule has 0 aliphatic carbocycles. The van der Waals surface area contributed by atoms with Gasteiger partial charge in [0.2, 0.25) is 5.95 Å². The molecule has 2 unspecified atom stereocenters. The fraction of sp³-hybridized carbons (Fsp3) is 0.0870.